The number of ether oxygens (including phenoxy) is 2. The zero-order valence-corrected chi connectivity index (χ0v) is 19.6. The van der Waals surface area contributed by atoms with Gasteiger partial charge in [0.1, 0.15) is 12.4 Å². The van der Waals surface area contributed by atoms with Crippen molar-refractivity contribution in [3.8, 4) is 5.75 Å². The molecule has 0 bridgehead atoms. The highest BCUT2D eigenvalue weighted by Crippen LogP contribution is 2.29. The number of carbonyl (C=O) groups excluding carboxylic acids is 1. The van der Waals surface area contributed by atoms with E-state index in [0.29, 0.717) is 36.8 Å². The minimum absolute atomic E-state index is 0.0915. The number of aliphatic hydroxyl groups excluding tert-OH is 1. The average molecular weight is 509 g/mol. The Morgan fingerprint density at radius 2 is 1.79 bits per heavy atom. The van der Waals surface area contributed by atoms with Gasteiger partial charge in [-0.3, -0.25) is 4.79 Å². The number of hydrogen-bond donors (Lipinski definition) is 2. The van der Waals surface area contributed by atoms with Crippen LogP contribution in [-0.2, 0) is 16.0 Å². The zero-order valence-electron chi connectivity index (χ0n) is 18.0. The van der Waals surface area contributed by atoms with Crippen LogP contribution in [0.1, 0.15) is 17.5 Å². The molecule has 1 atom stereocenters. The van der Waals surface area contributed by atoms with E-state index in [4.69, 9.17) is 19.6 Å². The third-order valence-electron chi connectivity index (χ3n) is 5.30. The Bertz CT molecular complexity index is 1100. The second kappa shape index (κ2) is 10.6. The maximum Gasteiger partial charge on any atom is 0.256 e. The van der Waals surface area contributed by atoms with Gasteiger partial charge in [0.25, 0.3) is 5.91 Å². The third-order valence-corrected chi connectivity index (χ3v) is 5.83. The predicted molar refractivity (Wildman–Crippen MR) is 132 cm³/mol. The molecule has 6 nitrogen and oxygen atoms in total. The van der Waals surface area contributed by atoms with Gasteiger partial charge >= 0.3 is 0 Å². The smallest absolute Gasteiger partial charge is 0.256 e. The SMILES string of the molecule is O=C(Nc1ccccc1)[C@@]1(Cc2ccc(Br)cc2)COC(c2ccc(OCCCO)cc2)=N1. The van der Waals surface area contributed by atoms with Crippen LogP contribution in [0.4, 0.5) is 5.69 Å². The molecule has 3 aromatic carbocycles. The second-order valence-electron chi connectivity index (χ2n) is 7.81. The van der Waals surface area contributed by atoms with E-state index in [1.165, 1.54) is 0 Å². The molecule has 1 aliphatic rings. The number of nitrogens with zero attached hydrogens (tertiary/aromatic N) is 1. The van der Waals surface area contributed by atoms with Gasteiger partial charge in [-0.2, -0.15) is 0 Å². The Kier molecular flexibility index (Phi) is 7.42. The summed E-state index contributed by atoms with van der Waals surface area (Å²) < 4.78 is 12.5. The number of halogens is 1. The molecule has 33 heavy (non-hydrogen) atoms. The highest BCUT2D eigenvalue weighted by molar-refractivity contribution is 9.10. The van der Waals surface area contributed by atoms with Gasteiger partial charge in [0.05, 0.1) is 6.61 Å². The van der Waals surface area contributed by atoms with Crippen LogP contribution < -0.4 is 10.1 Å². The molecule has 0 radical (unpaired) electrons. The summed E-state index contributed by atoms with van der Waals surface area (Å²) in [5.74, 6) is 0.918. The Hall–Kier alpha value is -3.16. The first kappa shape index (κ1) is 23.0. The fourth-order valence-corrected chi connectivity index (χ4v) is 3.80. The quantitative estimate of drug-likeness (QED) is 0.413. The maximum atomic E-state index is 13.4. The van der Waals surface area contributed by atoms with Crippen molar-refractivity contribution >= 4 is 33.4 Å². The van der Waals surface area contributed by atoms with Gasteiger partial charge in [-0.1, -0.05) is 46.3 Å². The standard InChI is InChI=1S/C26H25BrN2O4/c27-21-11-7-19(8-12-21)17-26(25(31)28-22-5-2-1-3-6-22)18-33-24(29-26)20-9-13-23(14-10-20)32-16-4-15-30/h1-3,5-14,30H,4,15-18H2,(H,28,31)/t26-/m1/s1. The number of para-hydroxylation sites is 1. The van der Waals surface area contributed by atoms with Crippen LogP contribution in [0.2, 0.25) is 0 Å². The number of hydrogen-bond acceptors (Lipinski definition) is 5. The van der Waals surface area contributed by atoms with Crippen LogP contribution in [0, 0.1) is 0 Å². The zero-order chi connectivity index (χ0) is 23.1. The molecule has 1 aliphatic heterocycles. The number of amides is 1. The van der Waals surface area contributed by atoms with Gasteiger partial charge in [-0.15, -0.1) is 0 Å². The molecular weight excluding hydrogens is 484 g/mol. The predicted octanol–water partition coefficient (Wildman–Crippen LogP) is 4.61. The lowest BCUT2D eigenvalue weighted by Crippen LogP contribution is -2.44. The van der Waals surface area contributed by atoms with Gasteiger partial charge < -0.3 is 19.9 Å². The van der Waals surface area contributed by atoms with Crippen molar-refractivity contribution in [2.45, 2.75) is 18.4 Å². The fourth-order valence-electron chi connectivity index (χ4n) is 3.54. The molecule has 3 aromatic rings. The molecule has 0 unspecified atom stereocenters. The van der Waals surface area contributed by atoms with Crippen molar-refractivity contribution in [1.82, 2.24) is 0 Å². The van der Waals surface area contributed by atoms with Crippen molar-refractivity contribution in [2.24, 2.45) is 4.99 Å². The van der Waals surface area contributed by atoms with Gasteiger partial charge in [0, 0.05) is 35.2 Å². The second-order valence-corrected chi connectivity index (χ2v) is 8.73. The summed E-state index contributed by atoms with van der Waals surface area (Å²) in [4.78, 5) is 18.2. The summed E-state index contributed by atoms with van der Waals surface area (Å²) in [5.41, 5.74) is 1.39. The Labute approximate surface area is 201 Å². The minimum Gasteiger partial charge on any atom is -0.494 e. The largest absolute Gasteiger partial charge is 0.494 e. The van der Waals surface area contributed by atoms with Gasteiger partial charge in [0.2, 0.25) is 5.90 Å². The van der Waals surface area contributed by atoms with E-state index in [9.17, 15) is 4.79 Å². The Morgan fingerprint density at radius 3 is 2.48 bits per heavy atom. The summed E-state index contributed by atoms with van der Waals surface area (Å²) >= 11 is 3.46. The minimum atomic E-state index is -1.09. The van der Waals surface area contributed by atoms with E-state index in [2.05, 4.69) is 21.2 Å². The number of aliphatic imine (C=N–C) groups is 1. The van der Waals surface area contributed by atoms with E-state index < -0.39 is 5.54 Å². The highest BCUT2D eigenvalue weighted by atomic mass is 79.9. The van der Waals surface area contributed by atoms with Crippen LogP contribution in [0.3, 0.4) is 0 Å². The van der Waals surface area contributed by atoms with Crippen LogP contribution >= 0.6 is 15.9 Å². The Balaban J connectivity index is 1.59. The van der Waals surface area contributed by atoms with Crippen molar-refractivity contribution in [3.05, 3.63) is 94.5 Å². The molecule has 1 amide bonds. The maximum absolute atomic E-state index is 13.4. The van der Waals surface area contributed by atoms with Crippen LogP contribution in [0.5, 0.6) is 5.75 Å². The number of rotatable bonds is 9. The van der Waals surface area contributed by atoms with Crippen LogP contribution in [-0.4, -0.2) is 42.3 Å². The number of benzene rings is 3. The molecule has 0 saturated carbocycles. The van der Waals surface area contributed by atoms with E-state index >= 15 is 0 Å². The van der Waals surface area contributed by atoms with Crippen LogP contribution in [0.15, 0.2) is 88.3 Å². The number of nitrogens with one attached hydrogen (secondary N) is 1. The molecule has 0 aliphatic carbocycles. The van der Waals surface area contributed by atoms with E-state index in [0.717, 1.165) is 15.6 Å². The van der Waals surface area contributed by atoms with E-state index in [1.54, 1.807) is 0 Å². The molecule has 170 valence electrons. The fraction of sp³-hybridized carbons (Fsp3) is 0.231. The lowest BCUT2D eigenvalue weighted by molar-refractivity contribution is -0.121. The third kappa shape index (κ3) is 5.80. The molecule has 7 heteroatoms. The molecule has 1 heterocycles. The van der Waals surface area contributed by atoms with Gasteiger partial charge in [0.15, 0.2) is 5.54 Å². The molecule has 0 aromatic heterocycles. The number of carbonyl (C=O) groups is 1. The average Bonchev–Trinajstić information content (AvgIpc) is 3.27. The first-order chi connectivity index (χ1) is 16.1. The highest BCUT2D eigenvalue weighted by Gasteiger charge is 2.44. The summed E-state index contributed by atoms with van der Waals surface area (Å²) in [5, 5.41) is 11.9. The first-order valence-corrected chi connectivity index (χ1v) is 11.5. The van der Waals surface area contributed by atoms with E-state index in [1.807, 2.05) is 78.9 Å². The Morgan fingerprint density at radius 1 is 1.06 bits per heavy atom. The normalized spacial score (nSPS) is 17.2. The summed E-state index contributed by atoms with van der Waals surface area (Å²) in [6.07, 6.45) is 0.984. The van der Waals surface area contributed by atoms with Crippen molar-refractivity contribution in [1.29, 1.82) is 0 Å². The number of anilines is 1. The molecule has 0 fully saturated rings. The van der Waals surface area contributed by atoms with Crippen LogP contribution in [0.25, 0.3) is 0 Å². The summed E-state index contributed by atoms with van der Waals surface area (Å²) in [6, 6.07) is 24.6. The van der Waals surface area contributed by atoms with Gasteiger partial charge in [-0.25, -0.2) is 4.99 Å². The first-order valence-electron chi connectivity index (χ1n) is 10.8. The number of aliphatic hydroxyl groups is 1. The monoisotopic (exact) mass is 508 g/mol. The van der Waals surface area contributed by atoms with Crippen molar-refractivity contribution in [3.63, 3.8) is 0 Å². The molecular formula is C26H25BrN2O4. The van der Waals surface area contributed by atoms with Crippen molar-refractivity contribution < 1.29 is 19.4 Å². The lowest BCUT2D eigenvalue weighted by atomic mass is 9.91. The molecule has 0 spiro atoms. The van der Waals surface area contributed by atoms with Gasteiger partial charge in [-0.05, 0) is 54.1 Å². The lowest BCUT2D eigenvalue weighted by Gasteiger charge is -2.23. The molecule has 0 saturated heterocycles. The van der Waals surface area contributed by atoms with Crippen molar-refractivity contribution in [2.75, 3.05) is 25.1 Å². The summed E-state index contributed by atoms with van der Waals surface area (Å²) in [7, 11) is 0. The summed E-state index contributed by atoms with van der Waals surface area (Å²) in [6.45, 7) is 0.684. The van der Waals surface area contributed by atoms with E-state index in [-0.39, 0.29) is 19.1 Å². The topological polar surface area (TPSA) is 80.2 Å². The molecule has 4 rings (SSSR count). The molecule has 2 N–H and O–H groups in total.